The Morgan fingerprint density at radius 1 is 1.33 bits per heavy atom. The van der Waals surface area contributed by atoms with Crippen molar-refractivity contribution in [2.24, 2.45) is 0 Å². The number of aliphatic carboxylic acids is 1. The van der Waals surface area contributed by atoms with E-state index in [9.17, 15) is 4.79 Å². The van der Waals surface area contributed by atoms with Crippen LogP contribution in [-0.2, 0) is 9.53 Å². The molecule has 0 aliphatic heterocycles. The molecule has 15 heavy (non-hydrogen) atoms. The zero-order chi connectivity index (χ0) is 12.3. The Hall–Kier alpha value is -0.610. The van der Waals surface area contributed by atoms with Gasteiger partial charge in [-0.15, -0.1) is 0 Å². The maximum atomic E-state index is 11.1. The van der Waals surface area contributed by atoms with Gasteiger partial charge in [-0.25, -0.2) is 0 Å². The van der Waals surface area contributed by atoms with E-state index in [1.165, 1.54) is 0 Å². The van der Waals surface area contributed by atoms with E-state index in [0.717, 1.165) is 0 Å². The van der Waals surface area contributed by atoms with Crippen molar-refractivity contribution in [1.29, 1.82) is 0 Å². The number of carboxylic acids is 1. The second kappa shape index (κ2) is 4.94. The zero-order valence-electron chi connectivity index (χ0n) is 10.5. The van der Waals surface area contributed by atoms with E-state index >= 15 is 0 Å². The molecule has 1 atom stereocenters. The Bertz CT molecular complexity index is 220. The van der Waals surface area contributed by atoms with Gasteiger partial charge < -0.3 is 9.84 Å². The fourth-order valence-corrected chi connectivity index (χ4v) is 1.16. The molecular formula is C11H23NO3. The van der Waals surface area contributed by atoms with Gasteiger partial charge >= 0.3 is 5.97 Å². The summed E-state index contributed by atoms with van der Waals surface area (Å²) >= 11 is 0. The first-order chi connectivity index (χ1) is 6.57. The van der Waals surface area contributed by atoms with Gasteiger partial charge in [0.1, 0.15) is 5.54 Å². The molecule has 1 unspecified atom stereocenters. The second-order valence-electron chi connectivity index (χ2n) is 5.34. The summed E-state index contributed by atoms with van der Waals surface area (Å²) in [5.41, 5.74) is -1.35. The molecule has 0 heterocycles. The fraction of sp³-hybridized carbons (Fsp3) is 0.909. The van der Waals surface area contributed by atoms with Crippen molar-refractivity contribution in [2.45, 2.75) is 58.7 Å². The third-order valence-corrected chi connectivity index (χ3v) is 1.87. The Kier molecular flexibility index (Phi) is 4.74. The lowest BCUT2D eigenvalue weighted by Crippen LogP contribution is -2.56. The van der Waals surface area contributed by atoms with Gasteiger partial charge in [0.15, 0.2) is 0 Å². The van der Waals surface area contributed by atoms with Crippen LogP contribution >= 0.6 is 0 Å². The van der Waals surface area contributed by atoms with Crippen LogP contribution in [0.1, 0.15) is 41.5 Å². The monoisotopic (exact) mass is 217 g/mol. The summed E-state index contributed by atoms with van der Waals surface area (Å²) in [6.45, 7) is 11.3. The highest BCUT2D eigenvalue weighted by molar-refractivity contribution is 5.78. The van der Waals surface area contributed by atoms with E-state index in [-0.39, 0.29) is 18.2 Å². The average molecular weight is 217 g/mol. The molecule has 4 heteroatoms. The minimum atomic E-state index is -1.03. The first-order valence-corrected chi connectivity index (χ1v) is 5.22. The molecule has 0 rings (SSSR count). The number of nitrogens with one attached hydrogen (secondary N) is 1. The van der Waals surface area contributed by atoms with Crippen LogP contribution in [0, 0.1) is 0 Å². The lowest BCUT2D eigenvalue weighted by atomic mass is 10.0. The van der Waals surface area contributed by atoms with Crippen LogP contribution in [-0.4, -0.2) is 34.9 Å². The molecule has 0 bridgehead atoms. The smallest absolute Gasteiger partial charge is 0.326 e. The van der Waals surface area contributed by atoms with Crippen molar-refractivity contribution in [2.75, 3.05) is 6.61 Å². The lowest BCUT2D eigenvalue weighted by molar-refractivity contribution is -0.149. The van der Waals surface area contributed by atoms with E-state index < -0.39 is 11.5 Å². The van der Waals surface area contributed by atoms with E-state index in [0.29, 0.717) is 0 Å². The van der Waals surface area contributed by atoms with Crippen LogP contribution in [0.2, 0.25) is 0 Å². The highest BCUT2D eigenvalue weighted by Gasteiger charge is 2.35. The minimum Gasteiger partial charge on any atom is -0.480 e. The summed E-state index contributed by atoms with van der Waals surface area (Å²) < 4.78 is 5.51. The van der Waals surface area contributed by atoms with E-state index in [1.807, 2.05) is 34.6 Å². The molecule has 0 aromatic rings. The average Bonchev–Trinajstić information content (AvgIpc) is 1.98. The SMILES string of the molecule is CC(C)NC(C)(COC(C)(C)C)C(=O)O. The standard InChI is InChI=1S/C11H23NO3/c1-8(2)12-11(6,9(13)14)7-15-10(3,4)5/h8,12H,7H2,1-6H3,(H,13,14). The molecule has 90 valence electrons. The van der Waals surface area contributed by atoms with Gasteiger partial charge in [0, 0.05) is 6.04 Å². The summed E-state index contributed by atoms with van der Waals surface area (Å²) in [7, 11) is 0. The quantitative estimate of drug-likeness (QED) is 0.735. The number of carboxylic acid groups (broad SMARTS) is 1. The highest BCUT2D eigenvalue weighted by atomic mass is 16.5. The normalized spacial score (nSPS) is 16.5. The molecule has 2 N–H and O–H groups in total. The molecule has 0 saturated carbocycles. The van der Waals surface area contributed by atoms with E-state index in [2.05, 4.69) is 5.32 Å². The summed E-state index contributed by atoms with van der Waals surface area (Å²) in [5, 5.41) is 12.1. The fourth-order valence-electron chi connectivity index (χ4n) is 1.16. The molecule has 0 saturated heterocycles. The third-order valence-electron chi connectivity index (χ3n) is 1.87. The van der Waals surface area contributed by atoms with Gasteiger partial charge in [0.2, 0.25) is 0 Å². The van der Waals surface area contributed by atoms with E-state index in [4.69, 9.17) is 9.84 Å². The van der Waals surface area contributed by atoms with Crippen molar-refractivity contribution < 1.29 is 14.6 Å². The predicted octanol–water partition coefficient (Wildman–Crippen LogP) is 1.64. The Morgan fingerprint density at radius 3 is 2.07 bits per heavy atom. The van der Waals surface area contributed by atoms with E-state index in [1.54, 1.807) is 6.92 Å². The van der Waals surface area contributed by atoms with Gasteiger partial charge in [-0.2, -0.15) is 0 Å². The molecular weight excluding hydrogens is 194 g/mol. The molecule has 4 nitrogen and oxygen atoms in total. The summed E-state index contributed by atoms with van der Waals surface area (Å²) in [6.07, 6.45) is 0. The highest BCUT2D eigenvalue weighted by Crippen LogP contribution is 2.13. The molecule has 0 amide bonds. The van der Waals surface area contributed by atoms with Crippen molar-refractivity contribution >= 4 is 5.97 Å². The Labute approximate surface area is 92.0 Å². The molecule has 0 aliphatic rings. The molecule has 0 fully saturated rings. The number of hydrogen-bond donors (Lipinski definition) is 2. The Morgan fingerprint density at radius 2 is 1.80 bits per heavy atom. The van der Waals surface area contributed by atoms with Crippen LogP contribution < -0.4 is 5.32 Å². The first-order valence-electron chi connectivity index (χ1n) is 5.22. The second-order valence-corrected chi connectivity index (χ2v) is 5.34. The maximum Gasteiger partial charge on any atom is 0.326 e. The maximum absolute atomic E-state index is 11.1. The molecule has 0 spiro atoms. The minimum absolute atomic E-state index is 0.106. The molecule has 0 aromatic heterocycles. The predicted molar refractivity (Wildman–Crippen MR) is 60.0 cm³/mol. The third kappa shape index (κ3) is 5.74. The van der Waals surface area contributed by atoms with Crippen molar-refractivity contribution in [3.05, 3.63) is 0 Å². The zero-order valence-corrected chi connectivity index (χ0v) is 10.5. The Balaban J connectivity index is 4.46. The van der Waals surface area contributed by atoms with Gasteiger partial charge in [-0.3, -0.25) is 10.1 Å². The van der Waals surface area contributed by atoms with Crippen LogP contribution in [0.5, 0.6) is 0 Å². The lowest BCUT2D eigenvalue weighted by Gasteiger charge is -2.31. The van der Waals surface area contributed by atoms with Crippen LogP contribution in [0.4, 0.5) is 0 Å². The van der Waals surface area contributed by atoms with Crippen molar-refractivity contribution in [1.82, 2.24) is 5.32 Å². The number of hydrogen-bond acceptors (Lipinski definition) is 3. The van der Waals surface area contributed by atoms with Gasteiger partial charge in [-0.05, 0) is 41.5 Å². The van der Waals surface area contributed by atoms with Gasteiger partial charge in [-0.1, -0.05) is 0 Å². The summed E-state index contributed by atoms with van der Waals surface area (Å²) in [4.78, 5) is 11.1. The van der Waals surface area contributed by atoms with Gasteiger partial charge in [0.05, 0.1) is 12.2 Å². The largest absolute Gasteiger partial charge is 0.480 e. The molecule has 0 aromatic carbocycles. The topological polar surface area (TPSA) is 58.6 Å². The molecule has 0 radical (unpaired) electrons. The van der Waals surface area contributed by atoms with Crippen molar-refractivity contribution in [3.8, 4) is 0 Å². The first kappa shape index (κ1) is 14.4. The van der Waals surface area contributed by atoms with Crippen LogP contribution in [0.15, 0.2) is 0 Å². The summed E-state index contributed by atoms with van der Waals surface area (Å²) in [5.74, 6) is -0.888. The van der Waals surface area contributed by atoms with Crippen molar-refractivity contribution in [3.63, 3.8) is 0 Å². The number of carbonyl (C=O) groups is 1. The van der Waals surface area contributed by atoms with Gasteiger partial charge in [0.25, 0.3) is 0 Å². The molecule has 0 aliphatic carbocycles. The van der Waals surface area contributed by atoms with Crippen LogP contribution in [0.3, 0.4) is 0 Å². The number of ether oxygens (including phenoxy) is 1. The number of rotatable bonds is 5. The summed E-state index contributed by atoms with van der Waals surface area (Å²) in [6, 6.07) is 0.106. The van der Waals surface area contributed by atoms with Crippen LogP contribution in [0.25, 0.3) is 0 Å².